The van der Waals surface area contributed by atoms with Gasteiger partial charge in [0.15, 0.2) is 5.44 Å². The molecule has 0 radical (unpaired) electrons. The third kappa shape index (κ3) is 10.9. The van der Waals surface area contributed by atoms with Gasteiger partial charge in [-0.25, -0.2) is 13.9 Å². The summed E-state index contributed by atoms with van der Waals surface area (Å²) in [4.78, 5) is 0. The van der Waals surface area contributed by atoms with Crippen molar-refractivity contribution < 1.29 is 27.2 Å². The van der Waals surface area contributed by atoms with Gasteiger partial charge in [0.25, 0.3) is 0 Å². The second-order valence-corrected chi connectivity index (χ2v) is 11.9. The fourth-order valence-corrected chi connectivity index (χ4v) is 6.07. The number of nitrogens with zero attached hydrogens (tertiary/aromatic N) is 4. The molecule has 39 heavy (non-hydrogen) atoms. The smallest absolute Gasteiger partial charge is 0.304 e. The highest BCUT2D eigenvalue weighted by molar-refractivity contribution is 7.81. The van der Waals surface area contributed by atoms with E-state index in [0.717, 1.165) is 11.4 Å². The third-order valence-corrected chi connectivity index (χ3v) is 8.41. The lowest BCUT2D eigenvalue weighted by Gasteiger charge is -2.18. The van der Waals surface area contributed by atoms with Crippen LogP contribution in [0.25, 0.3) is 11.4 Å². The summed E-state index contributed by atoms with van der Waals surface area (Å²) < 4.78 is 46.8. The Morgan fingerprint density at radius 1 is 0.667 bits per heavy atom. The van der Waals surface area contributed by atoms with Gasteiger partial charge in [-0.15, -0.1) is 0 Å². The Balaban J connectivity index is 0.000000226. The van der Waals surface area contributed by atoms with E-state index in [-0.39, 0.29) is 0 Å². The predicted octanol–water partition coefficient (Wildman–Crippen LogP) is 7.04. The zero-order valence-corrected chi connectivity index (χ0v) is 25.0. The normalized spacial score (nSPS) is 11.2. The van der Waals surface area contributed by atoms with Crippen LogP contribution in [0.15, 0.2) is 91.4 Å². The molecule has 2 aromatic carbocycles. The summed E-state index contributed by atoms with van der Waals surface area (Å²) in [6.07, 6.45) is 5.29. The van der Waals surface area contributed by atoms with E-state index in [0.29, 0.717) is 31.9 Å². The summed E-state index contributed by atoms with van der Waals surface area (Å²) in [5, 5.41) is 8.30. The molecule has 0 fully saturated rings. The van der Waals surface area contributed by atoms with Gasteiger partial charge in [-0.05, 0) is 64.1 Å². The summed E-state index contributed by atoms with van der Waals surface area (Å²) in [6.45, 7) is 5.00. The highest BCUT2D eigenvalue weighted by Crippen LogP contribution is 2.53. The van der Waals surface area contributed by atoms with Gasteiger partial charge in [-0.3, -0.25) is 13.6 Å². The number of benzene rings is 2. The van der Waals surface area contributed by atoms with Gasteiger partial charge in [0.05, 0.1) is 44.0 Å². The predicted molar refractivity (Wildman–Crippen MR) is 154 cm³/mol. The lowest BCUT2D eigenvalue weighted by atomic mass is 10.3. The maximum atomic E-state index is 12.8. The van der Waals surface area contributed by atoms with E-state index < -0.39 is 14.5 Å². The summed E-state index contributed by atoms with van der Waals surface area (Å²) >= 11 is 5.25. The first-order chi connectivity index (χ1) is 18.8. The van der Waals surface area contributed by atoms with Crippen LogP contribution in [-0.2, 0) is 27.2 Å². The van der Waals surface area contributed by atoms with E-state index in [1.165, 1.54) is 0 Å². The quantitative estimate of drug-likeness (QED) is 0.170. The van der Waals surface area contributed by atoms with Crippen LogP contribution in [0.2, 0.25) is 0 Å². The highest BCUT2D eigenvalue weighted by Gasteiger charge is 2.31. The van der Waals surface area contributed by atoms with Crippen molar-refractivity contribution in [3.05, 3.63) is 91.4 Å². The van der Waals surface area contributed by atoms with Crippen LogP contribution in [0.5, 0.6) is 0 Å². The van der Waals surface area contributed by atoms with Gasteiger partial charge in [0.2, 0.25) is 0 Å². The molecule has 0 spiro atoms. The maximum absolute atomic E-state index is 12.8. The van der Waals surface area contributed by atoms with Crippen LogP contribution in [0, 0.1) is 0 Å². The molecule has 0 N–H and O–H groups in total. The van der Waals surface area contributed by atoms with Crippen molar-refractivity contribution in [3.63, 3.8) is 0 Å². The zero-order chi connectivity index (χ0) is 28.6. The molecule has 0 aliphatic rings. The van der Waals surface area contributed by atoms with Crippen molar-refractivity contribution in [3.8, 4) is 11.4 Å². The molecule has 0 saturated carbocycles. The molecule has 4 rings (SSSR count). The van der Waals surface area contributed by atoms with Gasteiger partial charge in [-0.2, -0.15) is 10.2 Å². The molecular weight excluding hydrogens is 562 g/mol. The van der Waals surface area contributed by atoms with Crippen molar-refractivity contribution in [1.29, 1.82) is 0 Å². The van der Waals surface area contributed by atoms with Crippen LogP contribution in [0.1, 0.15) is 27.7 Å². The molecule has 0 amide bonds. The van der Waals surface area contributed by atoms with E-state index >= 15 is 0 Å². The molecule has 0 aliphatic carbocycles. The average Bonchev–Trinajstić information content (AvgIpc) is 3.64. The Bertz CT molecular complexity index is 1270. The molecule has 2 heterocycles. The van der Waals surface area contributed by atoms with Gasteiger partial charge in [0.1, 0.15) is 0 Å². The summed E-state index contributed by atoms with van der Waals surface area (Å²) in [5.41, 5.74) is 2.36. The second-order valence-electron chi connectivity index (χ2n) is 7.32. The minimum atomic E-state index is -3.33. The Kier molecular flexibility index (Phi) is 14.4. The summed E-state index contributed by atoms with van der Waals surface area (Å²) in [6, 6.07) is 23.1. The zero-order valence-electron chi connectivity index (χ0n) is 22.5. The van der Waals surface area contributed by atoms with E-state index in [2.05, 4.69) is 19.2 Å². The molecule has 0 bridgehead atoms. The standard InChI is InChI=1S/C13H17N2O3P.C9H8N2.C4H10ClO3P/c1-3-17-19(16,18-4-2)13-10-11-14-15(13)12-8-6-5-7-9-12;1-2-5-9(6-3-1)11-8-4-7-10-11;1-3-7-9(5,6)8-4-2/h5-11H,3-4H2,1-2H3;1-8H;3-4H2,1-2H3. The molecule has 0 atom stereocenters. The first kappa shape index (κ1) is 32.7. The first-order valence-electron chi connectivity index (χ1n) is 12.4. The molecule has 2 aromatic heterocycles. The van der Waals surface area contributed by atoms with Crippen molar-refractivity contribution >= 4 is 31.2 Å². The van der Waals surface area contributed by atoms with Crippen LogP contribution in [-0.4, -0.2) is 46.0 Å². The Labute approximate surface area is 234 Å². The van der Waals surface area contributed by atoms with Crippen molar-refractivity contribution in [1.82, 2.24) is 19.6 Å². The fraction of sp³-hybridized carbons (Fsp3) is 0.308. The van der Waals surface area contributed by atoms with E-state index in [9.17, 15) is 9.13 Å². The van der Waals surface area contributed by atoms with E-state index in [1.54, 1.807) is 50.8 Å². The molecule has 13 heteroatoms. The maximum Gasteiger partial charge on any atom is 0.424 e. The van der Waals surface area contributed by atoms with E-state index in [4.69, 9.17) is 20.3 Å². The Morgan fingerprint density at radius 2 is 1.18 bits per heavy atom. The number of hydrogen-bond donors (Lipinski definition) is 0. The summed E-state index contributed by atoms with van der Waals surface area (Å²) in [7, 11) is -3.33. The number of para-hydroxylation sites is 2. The fourth-order valence-electron chi connectivity index (χ4n) is 3.13. The molecule has 10 nitrogen and oxygen atoms in total. The first-order valence-corrected chi connectivity index (χ1v) is 16.4. The minimum absolute atomic E-state index is 0.306. The molecule has 0 unspecified atom stereocenters. The lowest BCUT2D eigenvalue weighted by Crippen LogP contribution is -2.20. The number of halogens is 1. The van der Waals surface area contributed by atoms with Crippen molar-refractivity contribution in [2.45, 2.75) is 27.7 Å². The SMILES string of the molecule is CCOP(=O)(Cl)OCC.CCOP(=O)(OCC)c1ccnn1-c1ccccc1.c1ccc(-n2cccn2)cc1. The number of aromatic nitrogens is 4. The van der Waals surface area contributed by atoms with Crippen LogP contribution >= 0.6 is 25.8 Å². The topological polar surface area (TPSA) is 107 Å². The van der Waals surface area contributed by atoms with Crippen molar-refractivity contribution in [2.24, 2.45) is 0 Å². The highest BCUT2D eigenvalue weighted by atomic mass is 35.7. The Morgan fingerprint density at radius 3 is 1.64 bits per heavy atom. The van der Waals surface area contributed by atoms with Crippen LogP contribution < -0.4 is 5.44 Å². The molecule has 0 saturated heterocycles. The van der Waals surface area contributed by atoms with E-state index in [1.807, 2.05) is 77.6 Å². The van der Waals surface area contributed by atoms with Crippen LogP contribution in [0.3, 0.4) is 0 Å². The second kappa shape index (κ2) is 17.2. The largest absolute Gasteiger partial charge is 0.424 e. The monoisotopic (exact) mass is 596 g/mol. The average molecular weight is 597 g/mol. The molecular formula is C26H35ClN4O6P2. The van der Waals surface area contributed by atoms with Gasteiger partial charge < -0.3 is 9.05 Å². The molecule has 4 aromatic rings. The summed E-state index contributed by atoms with van der Waals surface area (Å²) in [5.74, 6) is 0. The third-order valence-electron chi connectivity index (χ3n) is 4.59. The Hall–Kier alpha value is -2.55. The molecule has 0 aliphatic heterocycles. The minimum Gasteiger partial charge on any atom is -0.304 e. The van der Waals surface area contributed by atoms with Gasteiger partial charge >= 0.3 is 14.5 Å². The van der Waals surface area contributed by atoms with Gasteiger partial charge in [-0.1, -0.05) is 36.4 Å². The van der Waals surface area contributed by atoms with Crippen LogP contribution in [0.4, 0.5) is 0 Å². The van der Waals surface area contributed by atoms with Gasteiger partial charge in [0, 0.05) is 23.6 Å². The number of hydrogen-bond acceptors (Lipinski definition) is 8. The molecule has 212 valence electrons. The number of rotatable bonds is 11. The lowest BCUT2D eigenvalue weighted by molar-refractivity contribution is 0.228. The van der Waals surface area contributed by atoms with Crippen molar-refractivity contribution in [2.75, 3.05) is 26.4 Å².